The second kappa shape index (κ2) is 11.4. The number of aromatic nitrogens is 2. The van der Waals surface area contributed by atoms with Gasteiger partial charge in [-0.05, 0) is 86.0 Å². The average molecular weight is 545 g/mol. The van der Waals surface area contributed by atoms with Crippen LogP contribution in [0.4, 0.5) is 16.2 Å². The SMILES string of the molecule is CC(C)(C)OC(=O)Nc1ccccc1NC(=O)C=Cc1ccn(S(=O)(=O)c2ccc(-c3ccncc3)cc2)c1. The number of rotatable bonds is 7. The van der Waals surface area contributed by atoms with Crippen LogP contribution in [-0.2, 0) is 19.6 Å². The zero-order chi connectivity index (χ0) is 28.0. The number of amides is 2. The average Bonchev–Trinajstić information content (AvgIpc) is 3.38. The molecule has 9 nitrogen and oxygen atoms in total. The number of hydrogen-bond donors (Lipinski definition) is 2. The minimum absolute atomic E-state index is 0.137. The molecule has 0 atom stereocenters. The van der Waals surface area contributed by atoms with Crippen molar-refractivity contribution in [3.63, 3.8) is 0 Å². The number of benzene rings is 2. The number of carbonyl (C=O) groups is 2. The summed E-state index contributed by atoms with van der Waals surface area (Å²) >= 11 is 0. The molecule has 0 aliphatic carbocycles. The Bertz CT molecular complexity index is 1600. The summed E-state index contributed by atoms with van der Waals surface area (Å²) in [5, 5.41) is 5.33. The fourth-order valence-electron chi connectivity index (χ4n) is 3.59. The van der Waals surface area contributed by atoms with Gasteiger partial charge in [0, 0.05) is 30.9 Å². The van der Waals surface area contributed by atoms with Crippen molar-refractivity contribution in [2.24, 2.45) is 0 Å². The van der Waals surface area contributed by atoms with Crippen molar-refractivity contribution in [3.8, 4) is 11.1 Å². The highest BCUT2D eigenvalue weighted by Gasteiger charge is 2.18. The van der Waals surface area contributed by atoms with Crippen molar-refractivity contribution in [2.75, 3.05) is 10.6 Å². The predicted octanol–water partition coefficient (Wildman–Crippen LogP) is 5.79. The number of anilines is 2. The lowest BCUT2D eigenvalue weighted by atomic mass is 10.1. The molecule has 10 heteroatoms. The summed E-state index contributed by atoms with van der Waals surface area (Å²) in [6.07, 6.45) is 8.33. The topological polar surface area (TPSA) is 119 Å². The quantitative estimate of drug-likeness (QED) is 0.285. The first-order chi connectivity index (χ1) is 18.5. The van der Waals surface area contributed by atoms with Crippen molar-refractivity contribution in [1.82, 2.24) is 8.96 Å². The molecule has 0 radical (unpaired) electrons. The van der Waals surface area contributed by atoms with Gasteiger partial charge >= 0.3 is 6.09 Å². The third-order valence-electron chi connectivity index (χ3n) is 5.38. The monoisotopic (exact) mass is 544 g/mol. The number of pyridine rings is 1. The first kappa shape index (κ1) is 27.3. The number of nitrogens with one attached hydrogen (secondary N) is 2. The predicted molar refractivity (Wildman–Crippen MR) is 151 cm³/mol. The van der Waals surface area contributed by atoms with E-state index < -0.39 is 27.6 Å². The van der Waals surface area contributed by atoms with Crippen LogP contribution in [0.25, 0.3) is 17.2 Å². The minimum Gasteiger partial charge on any atom is -0.444 e. The van der Waals surface area contributed by atoms with Crippen LogP contribution in [0.5, 0.6) is 0 Å². The highest BCUT2D eigenvalue weighted by atomic mass is 32.2. The molecule has 2 aromatic heterocycles. The van der Waals surface area contributed by atoms with E-state index >= 15 is 0 Å². The third-order valence-corrected chi connectivity index (χ3v) is 7.03. The Hall–Kier alpha value is -4.70. The second-order valence-electron chi connectivity index (χ2n) is 9.54. The van der Waals surface area contributed by atoms with E-state index in [-0.39, 0.29) is 4.90 Å². The Kier molecular flexibility index (Phi) is 7.96. The lowest BCUT2D eigenvalue weighted by Crippen LogP contribution is -2.27. The van der Waals surface area contributed by atoms with Crippen molar-refractivity contribution < 1.29 is 22.7 Å². The summed E-state index contributed by atoms with van der Waals surface area (Å²) in [6.45, 7) is 5.26. The van der Waals surface area contributed by atoms with E-state index in [9.17, 15) is 18.0 Å². The molecular formula is C29H28N4O5S. The standard InChI is InChI=1S/C29H28N4O5S/c1-29(2,3)38-28(35)32-26-7-5-4-6-25(26)31-27(34)13-8-21-16-19-33(20-21)39(36,37)24-11-9-22(10-12-24)23-14-17-30-18-15-23/h4-20H,1-3H3,(H,31,34)(H,32,35). The first-order valence-corrected chi connectivity index (χ1v) is 13.5. The molecule has 200 valence electrons. The zero-order valence-electron chi connectivity index (χ0n) is 21.7. The molecule has 0 spiro atoms. The van der Waals surface area contributed by atoms with E-state index in [1.54, 1.807) is 87.8 Å². The van der Waals surface area contributed by atoms with Gasteiger partial charge in [0.15, 0.2) is 0 Å². The highest BCUT2D eigenvalue weighted by molar-refractivity contribution is 7.90. The molecule has 2 heterocycles. The molecule has 2 N–H and O–H groups in total. The van der Waals surface area contributed by atoms with Gasteiger partial charge in [-0.2, -0.15) is 0 Å². The normalized spacial score (nSPS) is 11.8. The molecule has 0 aliphatic heterocycles. The molecule has 0 fully saturated rings. The van der Waals surface area contributed by atoms with Gasteiger partial charge in [-0.15, -0.1) is 0 Å². The van der Waals surface area contributed by atoms with Crippen LogP contribution < -0.4 is 10.6 Å². The lowest BCUT2D eigenvalue weighted by molar-refractivity contribution is -0.111. The van der Waals surface area contributed by atoms with Gasteiger partial charge in [0.25, 0.3) is 10.0 Å². The van der Waals surface area contributed by atoms with Gasteiger partial charge in [-0.25, -0.2) is 17.2 Å². The Morgan fingerprint density at radius 2 is 1.49 bits per heavy atom. The van der Waals surface area contributed by atoms with Gasteiger partial charge in [0.05, 0.1) is 16.3 Å². The first-order valence-electron chi connectivity index (χ1n) is 12.0. The molecule has 2 aromatic carbocycles. The van der Waals surface area contributed by atoms with Crippen LogP contribution >= 0.6 is 0 Å². The fraction of sp³-hybridized carbons (Fsp3) is 0.138. The van der Waals surface area contributed by atoms with Crippen molar-refractivity contribution in [1.29, 1.82) is 0 Å². The van der Waals surface area contributed by atoms with Crippen molar-refractivity contribution in [3.05, 3.63) is 103 Å². The Morgan fingerprint density at radius 1 is 0.872 bits per heavy atom. The Morgan fingerprint density at radius 3 is 2.13 bits per heavy atom. The van der Waals surface area contributed by atoms with Crippen LogP contribution in [0, 0.1) is 0 Å². The van der Waals surface area contributed by atoms with E-state index in [4.69, 9.17) is 4.74 Å². The summed E-state index contributed by atoms with van der Waals surface area (Å²) in [4.78, 5) is 28.8. The minimum atomic E-state index is -3.82. The van der Waals surface area contributed by atoms with Crippen LogP contribution in [0.3, 0.4) is 0 Å². The van der Waals surface area contributed by atoms with Crippen LogP contribution in [0.2, 0.25) is 0 Å². The van der Waals surface area contributed by atoms with E-state index in [2.05, 4.69) is 15.6 Å². The molecule has 0 saturated carbocycles. The van der Waals surface area contributed by atoms with Crippen molar-refractivity contribution >= 4 is 39.5 Å². The Labute approximate surface area is 227 Å². The number of ether oxygens (including phenoxy) is 1. The maximum absolute atomic E-state index is 13.1. The van der Waals surface area contributed by atoms with Gasteiger partial charge in [-0.1, -0.05) is 24.3 Å². The van der Waals surface area contributed by atoms with Crippen LogP contribution in [-0.4, -0.2) is 35.0 Å². The van der Waals surface area contributed by atoms with Gasteiger partial charge < -0.3 is 10.1 Å². The number of carbonyl (C=O) groups excluding carboxylic acids is 2. The van der Waals surface area contributed by atoms with Gasteiger partial charge in [0.2, 0.25) is 5.91 Å². The number of para-hydroxylation sites is 2. The van der Waals surface area contributed by atoms with E-state index in [0.717, 1.165) is 15.1 Å². The second-order valence-corrected chi connectivity index (χ2v) is 11.4. The van der Waals surface area contributed by atoms with Gasteiger partial charge in [-0.3, -0.25) is 15.1 Å². The smallest absolute Gasteiger partial charge is 0.412 e. The van der Waals surface area contributed by atoms with E-state index in [0.29, 0.717) is 16.9 Å². The number of nitrogens with zero attached hydrogens (tertiary/aromatic N) is 2. The maximum atomic E-state index is 13.1. The largest absolute Gasteiger partial charge is 0.444 e. The lowest BCUT2D eigenvalue weighted by Gasteiger charge is -2.20. The summed E-state index contributed by atoms with van der Waals surface area (Å²) in [6, 6.07) is 18.6. The zero-order valence-corrected chi connectivity index (χ0v) is 22.5. The summed E-state index contributed by atoms with van der Waals surface area (Å²) < 4.78 is 32.6. The third kappa shape index (κ3) is 7.20. The molecule has 0 aliphatic rings. The summed E-state index contributed by atoms with van der Waals surface area (Å²) in [5.41, 5.74) is 2.42. The molecule has 0 saturated heterocycles. The van der Waals surface area contributed by atoms with Crippen LogP contribution in [0.15, 0.2) is 102 Å². The molecule has 0 unspecified atom stereocenters. The molecule has 2 amide bonds. The van der Waals surface area contributed by atoms with Crippen molar-refractivity contribution in [2.45, 2.75) is 31.3 Å². The van der Waals surface area contributed by atoms with E-state index in [1.807, 2.05) is 12.1 Å². The van der Waals surface area contributed by atoms with Crippen LogP contribution in [0.1, 0.15) is 26.3 Å². The molecule has 0 bridgehead atoms. The molecule has 4 aromatic rings. The maximum Gasteiger partial charge on any atom is 0.412 e. The number of hydrogen-bond acceptors (Lipinski definition) is 6. The molecule has 4 rings (SSSR count). The van der Waals surface area contributed by atoms with E-state index in [1.165, 1.54) is 24.5 Å². The molecule has 39 heavy (non-hydrogen) atoms. The summed E-state index contributed by atoms with van der Waals surface area (Å²) in [5.74, 6) is -0.462. The molecular weight excluding hydrogens is 516 g/mol. The fourth-order valence-corrected chi connectivity index (χ4v) is 4.79. The Balaban J connectivity index is 1.42. The summed E-state index contributed by atoms with van der Waals surface area (Å²) in [7, 11) is -3.82. The highest BCUT2D eigenvalue weighted by Crippen LogP contribution is 2.24. The van der Waals surface area contributed by atoms with Gasteiger partial charge in [0.1, 0.15) is 5.60 Å².